The molecule has 0 fully saturated rings. The highest BCUT2D eigenvalue weighted by Crippen LogP contribution is 2.24. The summed E-state index contributed by atoms with van der Waals surface area (Å²) in [6.45, 7) is -1.97. The van der Waals surface area contributed by atoms with E-state index < -0.39 is 6.61 Å². The third-order valence-electron chi connectivity index (χ3n) is 4.05. The van der Waals surface area contributed by atoms with Gasteiger partial charge < -0.3 is 15.4 Å². The molecule has 148 valence electrons. The van der Waals surface area contributed by atoms with E-state index in [4.69, 9.17) is 11.6 Å². The van der Waals surface area contributed by atoms with E-state index in [0.29, 0.717) is 23.1 Å². The van der Waals surface area contributed by atoms with Gasteiger partial charge in [0.25, 0.3) is 0 Å². The summed E-state index contributed by atoms with van der Waals surface area (Å²) in [6.07, 6.45) is 3.28. The highest BCUT2D eigenvalue weighted by atomic mass is 127. The Morgan fingerprint density at radius 3 is 3.04 bits per heavy atom. The van der Waals surface area contributed by atoms with Crippen molar-refractivity contribution >= 4 is 41.5 Å². The SMILES string of the molecule is CN=C(NCc1cc(Cl)ccc1OC(F)F)NC1CCc2ncnn2C1.I. The van der Waals surface area contributed by atoms with Crippen LogP contribution in [-0.4, -0.2) is 40.4 Å². The standard InChI is InChI=1S/C16H19ClF2N6O.HI/c1-20-16(24-12-3-5-14-22-9-23-25(14)8-12)21-7-10-6-11(17)2-4-13(10)26-15(18)19;/h2,4,6,9,12,15H,3,5,7-8H2,1H3,(H2,20,21,24);1H. The van der Waals surface area contributed by atoms with Crippen LogP contribution in [0.15, 0.2) is 29.5 Å². The maximum Gasteiger partial charge on any atom is 0.387 e. The second-order valence-corrected chi connectivity index (χ2v) is 6.23. The molecular formula is C16H20ClF2IN6O. The lowest BCUT2D eigenvalue weighted by atomic mass is 10.1. The summed E-state index contributed by atoms with van der Waals surface area (Å²) < 4.78 is 31.5. The van der Waals surface area contributed by atoms with Crippen molar-refractivity contribution in [2.75, 3.05) is 7.05 Å². The van der Waals surface area contributed by atoms with Crippen molar-refractivity contribution < 1.29 is 13.5 Å². The van der Waals surface area contributed by atoms with Gasteiger partial charge in [-0.1, -0.05) is 11.6 Å². The Hall–Kier alpha value is -1.69. The molecule has 0 bridgehead atoms. The molecule has 0 amide bonds. The van der Waals surface area contributed by atoms with Gasteiger partial charge in [-0.15, -0.1) is 24.0 Å². The number of fused-ring (bicyclic) bond motifs is 1. The highest BCUT2D eigenvalue weighted by Gasteiger charge is 2.20. The van der Waals surface area contributed by atoms with Crippen LogP contribution in [0.4, 0.5) is 8.78 Å². The van der Waals surface area contributed by atoms with E-state index >= 15 is 0 Å². The molecule has 11 heteroatoms. The van der Waals surface area contributed by atoms with E-state index in [1.807, 2.05) is 4.68 Å². The monoisotopic (exact) mass is 512 g/mol. The van der Waals surface area contributed by atoms with Gasteiger partial charge >= 0.3 is 6.61 Å². The second-order valence-electron chi connectivity index (χ2n) is 5.79. The van der Waals surface area contributed by atoms with Crippen LogP contribution in [0.5, 0.6) is 5.75 Å². The number of alkyl halides is 2. The zero-order chi connectivity index (χ0) is 18.5. The van der Waals surface area contributed by atoms with Gasteiger partial charge in [0.05, 0.1) is 6.54 Å². The number of benzene rings is 1. The fourth-order valence-electron chi connectivity index (χ4n) is 2.82. The van der Waals surface area contributed by atoms with E-state index in [-0.39, 0.29) is 42.3 Å². The largest absolute Gasteiger partial charge is 0.434 e. The molecule has 1 aliphatic heterocycles. The normalized spacial score (nSPS) is 16.5. The lowest BCUT2D eigenvalue weighted by molar-refractivity contribution is -0.0504. The van der Waals surface area contributed by atoms with Crippen molar-refractivity contribution in [2.45, 2.75) is 38.6 Å². The Labute approximate surface area is 177 Å². The summed E-state index contributed by atoms with van der Waals surface area (Å²) >= 11 is 5.96. The predicted octanol–water partition coefficient (Wildman–Crippen LogP) is 2.83. The topological polar surface area (TPSA) is 76.4 Å². The van der Waals surface area contributed by atoms with Gasteiger partial charge in [-0.3, -0.25) is 4.99 Å². The Morgan fingerprint density at radius 2 is 2.30 bits per heavy atom. The van der Waals surface area contributed by atoms with E-state index in [2.05, 4.69) is 30.4 Å². The minimum absolute atomic E-state index is 0. The number of ether oxygens (including phenoxy) is 1. The molecule has 2 heterocycles. The number of aliphatic imine (C=N–C) groups is 1. The van der Waals surface area contributed by atoms with Crippen LogP contribution in [0.1, 0.15) is 17.8 Å². The van der Waals surface area contributed by atoms with E-state index in [9.17, 15) is 8.78 Å². The summed E-state index contributed by atoms with van der Waals surface area (Å²) in [6, 6.07) is 4.66. The van der Waals surface area contributed by atoms with Crippen LogP contribution < -0.4 is 15.4 Å². The fraction of sp³-hybridized carbons (Fsp3) is 0.438. The average Bonchev–Trinajstić information content (AvgIpc) is 3.08. The first-order valence-electron chi connectivity index (χ1n) is 8.12. The van der Waals surface area contributed by atoms with Crippen molar-refractivity contribution in [3.63, 3.8) is 0 Å². The van der Waals surface area contributed by atoms with E-state index in [0.717, 1.165) is 18.7 Å². The first-order valence-corrected chi connectivity index (χ1v) is 8.50. The van der Waals surface area contributed by atoms with Gasteiger partial charge in [0.15, 0.2) is 5.96 Å². The van der Waals surface area contributed by atoms with Crippen molar-refractivity contribution in [2.24, 2.45) is 4.99 Å². The molecule has 3 rings (SSSR count). The smallest absolute Gasteiger partial charge is 0.387 e. The maximum atomic E-state index is 12.5. The molecule has 27 heavy (non-hydrogen) atoms. The number of hydrogen-bond donors (Lipinski definition) is 2. The molecule has 0 saturated carbocycles. The van der Waals surface area contributed by atoms with Gasteiger partial charge in [0.1, 0.15) is 17.9 Å². The van der Waals surface area contributed by atoms with Crippen LogP contribution >= 0.6 is 35.6 Å². The number of hydrogen-bond acceptors (Lipinski definition) is 4. The summed E-state index contributed by atoms with van der Waals surface area (Å²) in [5.74, 6) is 1.61. The van der Waals surface area contributed by atoms with E-state index in [1.54, 1.807) is 19.4 Å². The Bertz CT molecular complexity index is 788. The van der Waals surface area contributed by atoms with E-state index in [1.165, 1.54) is 12.1 Å². The third-order valence-corrected chi connectivity index (χ3v) is 4.29. The van der Waals surface area contributed by atoms with Crippen molar-refractivity contribution in [1.82, 2.24) is 25.4 Å². The summed E-state index contributed by atoms with van der Waals surface area (Å²) in [5.41, 5.74) is 0.517. The van der Waals surface area contributed by atoms with Crippen LogP contribution in [0.3, 0.4) is 0 Å². The lowest BCUT2D eigenvalue weighted by Gasteiger charge is -2.25. The number of nitrogens with zero attached hydrogens (tertiary/aromatic N) is 4. The molecule has 1 aromatic carbocycles. The molecule has 1 unspecified atom stereocenters. The molecule has 1 aromatic heterocycles. The first-order chi connectivity index (χ1) is 12.5. The van der Waals surface area contributed by atoms with Crippen molar-refractivity contribution in [1.29, 1.82) is 0 Å². The number of halogens is 4. The van der Waals surface area contributed by atoms with Crippen LogP contribution in [-0.2, 0) is 19.5 Å². The van der Waals surface area contributed by atoms with Crippen molar-refractivity contribution in [3.8, 4) is 5.75 Å². The molecular weight excluding hydrogens is 493 g/mol. The Morgan fingerprint density at radius 1 is 1.48 bits per heavy atom. The Balaban J connectivity index is 0.00000261. The number of aromatic nitrogens is 3. The number of aryl methyl sites for hydroxylation is 1. The summed E-state index contributed by atoms with van der Waals surface area (Å²) in [7, 11) is 1.65. The molecule has 1 aliphatic rings. The predicted molar refractivity (Wildman–Crippen MR) is 109 cm³/mol. The van der Waals surface area contributed by atoms with Crippen LogP contribution in [0, 0.1) is 0 Å². The first kappa shape index (κ1) is 21.6. The van der Waals surface area contributed by atoms with Crippen molar-refractivity contribution in [3.05, 3.63) is 40.9 Å². The molecule has 0 spiro atoms. The lowest BCUT2D eigenvalue weighted by Crippen LogP contribution is -2.46. The molecule has 0 aliphatic carbocycles. The zero-order valence-electron chi connectivity index (χ0n) is 14.5. The Kier molecular flexibility index (Phi) is 8.02. The fourth-order valence-corrected chi connectivity index (χ4v) is 3.01. The minimum Gasteiger partial charge on any atom is -0.434 e. The zero-order valence-corrected chi connectivity index (χ0v) is 17.6. The maximum absolute atomic E-state index is 12.5. The molecule has 0 radical (unpaired) electrons. The second kappa shape index (κ2) is 10.0. The van der Waals surface area contributed by atoms with Crippen LogP contribution in [0.2, 0.25) is 5.02 Å². The highest BCUT2D eigenvalue weighted by molar-refractivity contribution is 14.0. The molecule has 7 nitrogen and oxygen atoms in total. The summed E-state index contributed by atoms with van der Waals surface area (Å²) in [5, 5.41) is 11.0. The van der Waals surface area contributed by atoms with Gasteiger partial charge in [-0.05, 0) is 24.6 Å². The molecule has 1 atom stereocenters. The van der Waals surface area contributed by atoms with Gasteiger partial charge in [0, 0.05) is 36.6 Å². The van der Waals surface area contributed by atoms with Crippen LogP contribution in [0.25, 0.3) is 0 Å². The molecule has 0 saturated heterocycles. The minimum atomic E-state index is -2.90. The number of guanidine groups is 1. The number of nitrogens with one attached hydrogen (secondary N) is 2. The van der Waals surface area contributed by atoms with Gasteiger partial charge in [0.2, 0.25) is 0 Å². The van der Waals surface area contributed by atoms with Gasteiger partial charge in [-0.2, -0.15) is 13.9 Å². The number of rotatable bonds is 5. The third kappa shape index (κ3) is 5.89. The van der Waals surface area contributed by atoms with Gasteiger partial charge in [-0.25, -0.2) is 9.67 Å². The summed E-state index contributed by atoms with van der Waals surface area (Å²) in [4.78, 5) is 8.38. The molecule has 2 aromatic rings. The quantitative estimate of drug-likeness (QED) is 0.366. The average molecular weight is 513 g/mol. The molecule has 2 N–H and O–H groups in total.